The van der Waals surface area contributed by atoms with Gasteiger partial charge in [-0.1, -0.05) is 24.8 Å². The van der Waals surface area contributed by atoms with Crippen molar-refractivity contribution in [2.24, 2.45) is 0 Å². The van der Waals surface area contributed by atoms with E-state index in [1.54, 1.807) is 0 Å². The first-order valence-corrected chi connectivity index (χ1v) is 5.86. The van der Waals surface area contributed by atoms with E-state index in [4.69, 9.17) is 0 Å². The van der Waals surface area contributed by atoms with Crippen molar-refractivity contribution in [1.29, 1.82) is 0 Å². The molecule has 0 aliphatic carbocycles. The quantitative estimate of drug-likeness (QED) is 0.796. The van der Waals surface area contributed by atoms with E-state index in [9.17, 15) is 0 Å². The minimum absolute atomic E-state index is 0.967. The van der Waals surface area contributed by atoms with Crippen LogP contribution in [0.1, 0.15) is 11.3 Å². The van der Waals surface area contributed by atoms with Gasteiger partial charge in [-0.15, -0.1) is 0 Å². The second-order valence-electron chi connectivity index (χ2n) is 4.47. The zero-order valence-corrected chi connectivity index (χ0v) is 10.5. The highest BCUT2D eigenvalue weighted by molar-refractivity contribution is 5.91. The van der Waals surface area contributed by atoms with Gasteiger partial charge in [0.15, 0.2) is 0 Å². The smallest absolute Gasteiger partial charge is 0.0702 e. The Morgan fingerprint density at radius 3 is 2.76 bits per heavy atom. The van der Waals surface area contributed by atoms with Crippen molar-refractivity contribution in [2.45, 2.75) is 6.42 Å². The summed E-state index contributed by atoms with van der Waals surface area (Å²) >= 11 is 0. The lowest BCUT2D eigenvalue weighted by molar-refractivity contribution is 0.414. The van der Waals surface area contributed by atoms with Gasteiger partial charge in [-0.25, -0.2) is 0 Å². The van der Waals surface area contributed by atoms with Crippen LogP contribution in [-0.2, 0) is 6.42 Å². The Bertz CT molecular complexity index is 529. The molecule has 0 spiro atoms. The highest BCUT2D eigenvalue weighted by atomic mass is 15.0. The maximum absolute atomic E-state index is 4.33. The molecule has 0 amide bonds. The molecule has 0 fully saturated rings. The lowest BCUT2D eigenvalue weighted by atomic mass is 10.0. The molecule has 0 aliphatic rings. The van der Waals surface area contributed by atoms with Gasteiger partial charge in [-0.2, -0.15) is 0 Å². The first-order valence-electron chi connectivity index (χ1n) is 5.86. The molecule has 1 heterocycles. The fourth-order valence-electron chi connectivity index (χ4n) is 2.02. The predicted molar refractivity (Wildman–Crippen MR) is 74.1 cm³/mol. The third-order valence-electron chi connectivity index (χ3n) is 2.95. The van der Waals surface area contributed by atoms with Crippen LogP contribution in [0, 0.1) is 0 Å². The molecule has 0 atom stereocenters. The van der Waals surface area contributed by atoms with Crippen molar-refractivity contribution in [1.82, 2.24) is 9.88 Å². The van der Waals surface area contributed by atoms with E-state index in [0.29, 0.717) is 0 Å². The summed E-state index contributed by atoms with van der Waals surface area (Å²) < 4.78 is 0. The summed E-state index contributed by atoms with van der Waals surface area (Å²) in [7, 11) is 4.20. The zero-order chi connectivity index (χ0) is 12.3. The van der Waals surface area contributed by atoms with Crippen LogP contribution < -0.4 is 0 Å². The number of rotatable bonds is 4. The van der Waals surface area contributed by atoms with Gasteiger partial charge in [0.2, 0.25) is 0 Å². The minimum atomic E-state index is 0.967. The van der Waals surface area contributed by atoms with Gasteiger partial charge in [0.05, 0.1) is 5.69 Å². The zero-order valence-electron chi connectivity index (χ0n) is 10.5. The van der Waals surface area contributed by atoms with Crippen LogP contribution in [0.2, 0.25) is 0 Å². The van der Waals surface area contributed by atoms with E-state index in [-0.39, 0.29) is 0 Å². The second-order valence-corrected chi connectivity index (χ2v) is 4.47. The Morgan fingerprint density at radius 1 is 1.24 bits per heavy atom. The summed E-state index contributed by atoms with van der Waals surface area (Å²) in [4.78, 5) is 6.54. The van der Waals surface area contributed by atoms with Crippen molar-refractivity contribution >= 4 is 16.8 Å². The topological polar surface area (TPSA) is 16.1 Å². The summed E-state index contributed by atoms with van der Waals surface area (Å²) in [5.74, 6) is 0. The average Bonchev–Trinajstić information content (AvgIpc) is 2.35. The van der Waals surface area contributed by atoms with Crippen molar-refractivity contribution in [3.8, 4) is 0 Å². The molecular formula is C15H18N2. The molecule has 2 aromatic rings. The summed E-state index contributed by atoms with van der Waals surface area (Å²) in [6.45, 7) is 4.87. The molecule has 0 aliphatic heterocycles. The van der Waals surface area contributed by atoms with Crippen LogP contribution in [0.15, 0.2) is 37.0 Å². The molecule has 0 radical (unpaired) electrons. The maximum Gasteiger partial charge on any atom is 0.0702 e. The number of aromatic nitrogens is 1. The Morgan fingerprint density at radius 2 is 2.06 bits per heavy atom. The summed E-state index contributed by atoms with van der Waals surface area (Å²) in [6, 6.07) is 8.49. The van der Waals surface area contributed by atoms with Gasteiger partial charge in [-0.3, -0.25) is 4.98 Å². The monoisotopic (exact) mass is 226 g/mol. The molecule has 0 saturated carbocycles. The molecule has 1 aromatic carbocycles. The van der Waals surface area contributed by atoms with Crippen molar-refractivity contribution in [3.63, 3.8) is 0 Å². The lowest BCUT2D eigenvalue weighted by Gasteiger charge is -2.11. The van der Waals surface area contributed by atoms with E-state index in [0.717, 1.165) is 18.7 Å². The number of fused-ring (bicyclic) bond motifs is 1. The molecule has 1 aromatic heterocycles. The Labute approximate surface area is 103 Å². The molecule has 17 heavy (non-hydrogen) atoms. The fraction of sp³-hybridized carbons (Fsp3) is 0.267. The van der Waals surface area contributed by atoms with Gasteiger partial charge >= 0.3 is 0 Å². The molecule has 2 rings (SSSR count). The van der Waals surface area contributed by atoms with Crippen LogP contribution in [-0.4, -0.2) is 30.5 Å². The van der Waals surface area contributed by atoms with Crippen LogP contribution in [0.3, 0.4) is 0 Å². The van der Waals surface area contributed by atoms with Gasteiger partial charge in [0.1, 0.15) is 0 Å². The van der Waals surface area contributed by atoms with Crippen molar-refractivity contribution in [3.05, 3.63) is 48.3 Å². The average molecular weight is 226 g/mol. The third-order valence-corrected chi connectivity index (χ3v) is 2.95. The Kier molecular flexibility index (Phi) is 3.55. The SMILES string of the molecule is C=Cc1nccc2c(CCN(C)C)cccc12. The summed E-state index contributed by atoms with van der Waals surface area (Å²) in [5, 5.41) is 2.48. The number of nitrogens with zero attached hydrogens (tertiary/aromatic N) is 2. The van der Waals surface area contributed by atoms with Gasteiger partial charge < -0.3 is 4.90 Å². The van der Waals surface area contributed by atoms with Crippen molar-refractivity contribution in [2.75, 3.05) is 20.6 Å². The van der Waals surface area contributed by atoms with Crippen molar-refractivity contribution < 1.29 is 0 Å². The van der Waals surface area contributed by atoms with E-state index in [1.807, 2.05) is 12.3 Å². The second kappa shape index (κ2) is 5.11. The van der Waals surface area contributed by atoms with Gasteiger partial charge in [0.25, 0.3) is 0 Å². The molecule has 0 saturated heterocycles. The summed E-state index contributed by atoms with van der Waals surface area (Å²) in [5.41, 5.74) is 2.34. The number of hydrogen-bond donors (Lipinski definition) is 0. The molecule has 0 unspecified atom stereocenters. The molecule has 2 heteroatoms. The first kappa shape index (κ1) is 11.8. The molecule has 2 nitrogen and oxygen atoms in total. The maximum atomic E-state index is 4.33. The van der Waals surface area contributed by atoms with E-state index < -0.39 is 0 Å². The summed E-state index contributed by atoms with van der Waals surface area (Å²) in [6.07, 6.45) is 4.74. The van der Waals surface area contributed by atoms with E-state index in [1.165, 1.54) is 16.3 Å². The molecular weight excluding hydrogens is 208 g/mol. The largest absolute Gasteiger partial charge is 0.309 e. The normalized spacial score (nSPS) is 11.0. The van der Waals surface area contributed by atoms with Crippen LogP contribution >= 0.6 is 0 Å². The minimum Gasteiger partial charge on any atom is -0.309 e. The van der Waals surface area contributed by atoms with Gasteiger partial charge in [-0.05, 0) is 43.6 Å². The van der Waals surface area contributed by atoms with Crippen LogP contribution in [0.5, 0.6) is 0 Å². The molecule has 88 valence electrons. The highest BCUT2D eigenvalue weighted by Crippen LogP contribution is 2.22. The predicted octanol–water partition coefficient (Wildman–Crippen LogP) is 2.98. The van der Waals surface area contributed by atoms with Crippen LogP contribution in [0.25, 0.3) is 16.8 Å². The van der Waals surface area contributed by atoms with Crippen LogP contribution in [0.4, 0.5) is 0 Å². The standard InChI is InChI=1S/C15H18N2/c1-4-15-14-7-5-6-12(9-11-17(2)3)13(14)8-10-16-15/h4-8,10H,1,9,11H2,2-3H3. The molecule has 0 bridgehead atoms. The fourth-order valence-corrected chi connectivity index (χ4v) is 2.02. The van der Waals surface area contributed by atoms with E-state index in [2.05, 4.69) is 54.8 Å². The number of benzene rings is 1. The number of pyridine rings is 1. The number of hydrogen-bond acceptors (Lipinski definition) is 2. The number of likely N-dealkylation sites (N-methyl/N-ethyl adjacent to an activating group) is 1. The first-order chi connectivity index (χ1) is 8.22. The highest BCUT2D eigenvalue weighted by Gasteiger charge is 2.04. The Hall–Kier alpha value is -1.67. The van der Waals surface area contributed by atoms with Gasteiger partial charge in [0, 0.05) is 18.1 Å². The molecule has 0 N–H and O–H groups in total. The van der Waals surface area contributed by atoms with E-state index >= 15 is 0 Å². The third kappa shape index (κ3) is 2.53. The Balaban J connectivity index is 2.46. The lowest BCUT2D eigenvalue weighted by Crippen LogP contribution is -2.15.